The Hall–Kier alpha value is -1.78. The molecule has 14 heavy (non-hydrogen) atoms. The molecule has 0 unspecified atom stereocenters. The smallest absolute Gasteiger partial charge is 0.344 e. The summed E-state index contributed by atoms with van der Waals surface area (Å²) in [6, 6.07) is 0. The summed E-state index contributed by atoms with van der Waals surface area (Å²) in [4.78, 5) is 15.2. The Bertz CT molecular complexity index is 339. The summed E-state index contributed by atoms with van der Waals surface area (Å²) in [6.07, 6.45) is 2.80. The van der Waals surface area contributed by atoms with Crippen molar-refractivity contribution in [2.45, 2.75) is 6.92 Å². The van der Waals surface area contributed by atoms with E-state index < -0.39 is 5.97 Å². The van der Waals surface area contributed by atoms with Gasteiger partial charge in [-0.1, -0.05) is 0 Å². The van der Waals surface area contributed by atoms with Gasteiger partial charge in [0.25, 0.3) is 0 Å². The first-order chi connectivity index (χ1) is 6.70. The molecule has 1 aromatic rings. The minimum absolute atomic E-state index is 0.226. The van der Waals surface area contributed by atoms with Gasteiger partial charge in [-0.2, -0.15) is 0 Å². The fourth-order valence-corrected chi connectivity index (χ4v) is 1.03. The van der Waals surface area contributed by atoms with E-state index in [9.17, 15) is 4.79 Å². The summed E-state index contributed by atoms with van der Waals surface area (Å²) < 4.78 is 9.77. The van der Waals surface area contributed by atoms with Crippen LogP contribution in [0.3, 0.4) is 0 Å². The number of pyridine rings is 1. The lowest BCUT2D eigenvalue weighted by atomic mass is 10.2. The first kappa shape index (κ1) is 10.3. The van der Waals surface area contributed by atoms with Gasteiger partial charge in [0.05, 0.1) is 31.8 Å². The third-order valence-corrected chi connectivity index (χ3v) is 1.64. The minimum atomic E-state index is -0.496. The molecule has 0 aliphatic heterocycles. The Morgan fingerprint density at radius 2 is 2.29 bits per heavy atom. The van der Waals surface area contributed by atoms with Crippen LogP contribution in [0.4, 0.5) is 5.69 Å². The van der Waals surface area contributed by atoms with Gasteiger partial charge in [-0.25, -0.2) is 4.79 Å². The van der Waals surface area contributed by atoms with Crippen LogP contribution in [-0.4, -0.2) is 24.7 Å². The lowest BCUT2D eigenvalue weighted by Gasteiger charge is -2.08. The molecule has 0 amide bonds. The zero-order valence-corrected chi connectivity index (χ0v) is 8.11. The second-order valence-corrected chi connectivity index (χ2v) is 2.53. The molecule has 2 N–H and O–H groups in total. The Labute approximate surface area is 81.8 Å². The normalized spacial score (nSPS) is 9.57. The highest BCUT2D eigenvalue weighted by Gasteiger charge is 2.16. The molecule has 0 aliphatic rings. The van der Waals surface area contributed by atoms with Crippen LogP contribution in [0.1, 0.15) is 17.3 Å². The monoisotopic (exact) mass is 196 g/mol. The molecule has 0 fully saturated rings. The van der Waals surface area contributed by atoms with Gasteiger partial charge in [-0.05, 0) is 6.92 Å². The number of ether oxygens (including phenoxy) is 2. The molecule has 0 saturated heterocycles. The number of nitrogen functional groups attached to an aromatic ring is 1. The number of hydrogen-bond acceptors (Lipinski definition) is 5. The number of nitrogens with zero attached hydrogens (tertiary/aromatic N) is 1. The molecule has 0 atom stereocenters. The van der Waals surface area contributed by atoms with Gasteiger partial charge in [-0.15, -0.1) is 0 Å². The summed E-state index contributed by atoms with van der Waals surface area (Å²) in [5.74, 6) is -0.173. The van der Waals surface area contributed by atoms with Crippen LogP contribution in [0, 0.1) is 0 Å². The fourth-order valence-electron chi connectivity index (χ4n) is 1.03. The van der Waals surface area contributed by atoms with Crippen molar-refractivity contribution in [3.63, 3.8) is 0 Å². The second kappa shape index (κ2) is 4.45. The molecule has 0 aromatic carbocycles. The molecule has 1 rings (SSSR count). The number of anilines is 1. The third-order valence-electron chi connectivity index (χ3n) is 1.64. The highest BCUT2D eigenvalue weighted by Crippen LogP contribution is 2.23. The van der Waals surface area contributed by atoms with E-state index in [0.717, 1.165) is 0 Å². The SMILES string of the molecule is CCOC(=O)c1c(N)cncc1OC. The van der Waals surface area contributed by atoms with E-state index in [2.05, 4.69) is 4.98 Å². The van der Waals surface area contributed by atoms with Crippen LogP contribution in [-0.2, 0) is 4.74 Å². The lowest BCUT2D eigenvalue weighted by Crippen LogP contribution is -2.10. The maximum atomic E-state index is 11.4. The Kier molecular flexibility index (Phi) is 3.28. The minimum Gasteiger partial charge on any atom is -0.494 e. The topological polar surface area (TPSA) is 74.4 Å². The molecule has 0 saturated carbocycles. The van der Waals surface area contributed by atoms with E-state index in [-0.39, 0.29) is 11.3 Å². The van der Waals surface area contributed by atoms with Gasteiger partial charge < -0.3 is 15.2 Å². The van der Waals surface area contributed by atoms with E-state index in [1.54, 1.807) is 6.92 Å². The number of hydrogen-bond donors (Lipinski definition) is 1. The molecular weight excluding hydrogens is 184 g/mol. The van der Waals surface area contributed by atoms with Crippen molar-refractivity contribution in [1.29, 1.82) is 0 Å². The molecule has 0 radical (unpaired) electrons. The average molecular weight is 196 g/mol. The number of rotatable bonds is 3. The van der Waals surface area contributed by atoms with Crippen LogP contribution >= 0.6 is 0 Å². The molecular formula is C9H12N2O3. The van der Waals surface area contributed by atoms with Crippen LogP contribution in [0.25, 0.3) is 0 Å². The van der Waals surface area contributed by atoms with E-state index in [4.69, 9.17) is 15.2 Å². The number of methoxy groups -OCH3 is 1. The first-order valence-electron chi connectivity index (χ1n) is 4.15. The van der Waals surface area contributed by atoms with Gasteiger partial charge >= 0.3 is 5.97 Å². The Morgan fingerprint density at radius 1 is 1.57 bits per heavy atom. The molecule has 0 aliphatic carbocycles. The Balaban J connectivity index is 3.10. The van der Waals surface area contributed by atoms with Crippen LogP contribution in [0.2, 0.25) is 0 Å². The highest BCUT2D eigenvalue weighted by molar-refractivity contribution is 5.97. The third kappa shape index (κ3) is 1.93. The molecule has 5 heteroatoms. The van der Waals surface area contributed by atoms with Crippen molar-refractivity contribution in [1.82, 2.24) is 4.98 Å². The van der Waals surface area contributed by atoms with E-state index in [1.165, 1.54) is 19.5 Å². The summed E-state index contributed by atoms with van der Waals surface area (Å²) in [5, 5.41) is 0. The predicted molar refractivity (Wildman–Crippen MR) is 51.2 cm³/mol. The quantitative estimate of drug-likeness (QED) is 0.725. The molecule has 0 spiro atoms. The van der Waals surface area contributed by atoms with Crippen LogP contribution in [0.15, 0.2) is 12.4 Å². The number of nitrogens with two attached hydrogens (primary N) is 1. The molecule has 1 heterocycles. The average Bonchev–Trinajstić information content (AvgIpc) is 2.17. The lowest BCUT2D eigenvalue weighted by molar-refractivity contribution is 0.0524. The maximum absolute atomic E-state index is 11.4. The summed E-state index contributed by atoms with van der Waals surface area (Å²) >= 11 is 0. The van der Waals surface area contributed by atoms with E-state index in [0.29, 0.717) is 12.4 Å². The standard InChI is InChI=1S/C9H12N2O3/c1-3-14-9(12)8-6(10)4-11-5-7(8)13-2/h4-5H,3,10H2,1-2H3. The highest BCUT2D eigenvalue weighted by atomic mass is 16.5. The van der Waals surface area contributed by atoms with Crippen molar-refractivity contribution in [2.75, 3.05) is 19.5 Å². The molecule has 5 nitrogen and oxygen atoms in total. The Morgan fingerprint density at radius 3 is 2.86 bits per heavy atom. The zero-order valence-electron chi connectivity index (χ0n) is 8.11. The number of esters is 1. The van der Waals surface area contributed by atoms with E-state index in [1.807, 2.05) is 0 Å². The maximum Gasteiger partial charge on any atom is 0.344 e. The van der Waals surface area contributed by atoms with Gasteiger partial charge in [0.2, 0.25) is 0 Å². The predicted octanol–water partition coefficient (Wildman–Crippen LogP) is 0.849. The summed E-state index contributed by atoms with van der Waals surface area (Å²) in [7, 11) is 1.44. The van der Waals surface area contributed by atoms with E-state index >= 15 is 0 Å². The molecule has 0 bridgehead atoms. The van der Waals surface area contributed by atoms with Crippen molar-refractivity contribution in [2.24, 2.45) is 0 Å². The van der Waals surface area contributed by atoms with Crippen molar-refractivity contribution >= 4 is 11.7 Å². The van der Waals surface area contributed by atoms with Crippen molar-refractivity contribution in [3.8, 4) is 5.75 Å². The van der Waals surface area contributed by atoms with Gasteiger partial charge in [0, 0.05) is 0 Å². The fraction of sp³-hybridized carbons (Fsp3) is 0.333. The van der Waals surface area contributed by atoms with Gasteiger partial charge in [-0.3, -0.25) is 4.98 Å². The largest absolute Gasteiger partial charge is 0.494 e. The number of aromatic nitrogens is 1. The van der Waals surface area contributed by atoms with Crippen molar-refractivity contribution < 1.29 is 14.3 Å². The summed E-state index contributed by atoms with van der Waals surface area (Å²) in [6.45, 7) is 2.02. The molecule has 1 aromatic heterocycles. The van der Waals surface area contributed by atoms with Crippen LogP contribution in [0.5, 0.6) is 5.75 Å². The molecule has 76 valence electrons. The zero-order chi connectivity index (χ0) is 10.6. The number of carbonyl (C=O) groups is 1. The second-order valence-electron chi connectivity index (χ2n) is 2.53. The first-order valence-corrected chi connectivity index (χ1v) is 4.15. The van der Waals surface area contributed by atoms with Crippen molar-refractivity contribution in [3.05, 3.63) is 18.0 Å². The van der Waals surface area contributed by atoms with Crippen LogP contribution < -0.4 is 10.5 Å². The number of carbonyl (C=O) groups excluding carboxylic acids is 1. The summed E-state index contributed by atoms with van der Waals surface area (Å²) in [5.41, 5.74) is 6.06. The van der Waals surface area contributed by atoms with Gasteiger partial charge in [0.1, 0.15) is 5.56 Å². The van der Waals surface area contributed by atoms with Gasteiger partial charge in [0.15, 0.2) is 5.75 Å².